The van der Waals surface area contributed by atoms with E-state index in [-0.39, 0.29) is 11.8 Å². The number of rotatable bonds is 5. The topological polar surface area (TPSA) is 58.6 Å². The predicted molar refractivity (Wildman–Crippen MR) is 93.6 cm³/mol. The number of ether oxygens (including phenoxy) is 1. The predicted octanol–water partition coefficient (Wildman–Crippen LogP) is 3.46. The zero-order chi connectivity index (χ0) is 16.9. The third kappa shape index (κ3) is 3.56. The van der Waals surface area contributed by atoms with E-state index in [4.69, 9.17) is 4.74 Å². The van der Waals surface area contributed by atoms with Gasteiger partial charge in [0, 0.05) is 29.9 Å². The molecule has 0 saturated carbocycles. The smallest absolute Gasteiger partial charge is 0.255 e. The minimum Gasteiger partial charge on any atom is -0.494 e. The molecule has 0 bridgehead atoms. The molecule has 0 atom stereocenters. The summed E-state index contributed by atoms with van der Waals surface area (Å²) in [6.07, 6.45) is 1.51. The van der Waals surface area contributed by atoms with Crippen LogP contribution in [0.15, 0.2) is 48.5 Å². The monoisotopic (exact) mass is 324 g/mol. The molecule has 0 unspecified atom stereocenters. The summed E-state index contributed by atoms with van der Waals surface area (Å²) in [6.45, 7) is 3.27. The lowest BCUT2D eigenvalue weighted by atomic mass is 10.2. The average Bonchev–Trinajstić information content (AvgIpc) is 3.02. The van der Waals surface area contributed by atoms with Crippen LogP contribution in [0.2, 0.25) is 0 Å². The molecule has 124 valence electrons. The molecule has 0 aliphatic carbocycles. The molecule has 2 aromatic carbocycles. The van der Waals surface area contributed by atoms with Crippen LogP contribution in [0.4, 0.5) is 11.4 Å². The first-order valence-electron chi connectivity index (χ1n) is 8.12. The van der Waals surface area contributed by atoms with E-state index in [2.05, 4.69) is 5.32 Å². The van der Waals surface area contributed by atoms with Gasteiger partial charge in [0.1, 0.15) is 5.75 Å². The number of nitrogens with zero attached hydrogens (tertiary/aromatic N) is 1. The lowest BCUT2D eigenvalue weighted by Crippen LogP contribution is -2.23. The third-order valence-corrected chi connectivity index (χ3v) is 3.94. The van der Waals surface area contributed by atoms with Gasteiger partial charge in [0.25, 0.3) is 5.91 Å². The zero-order valence-corrected chi connectivity index (χ0v) is 13.6. The Labute approximate surface area is 141 Å². The molecule has 24 heavy (non-hydrogen) atoms. The van der Waals surface area contributed by atoms with E-state index >= 15 is 0 Å². The second-order valence-electron chi connectivity index (χ2n) is 5.61. The summed E-state index contributed by atoms with van der Waals surface area (Å²) < 4.78 is 5.37. The van der Waals surface area contributed by atoms with E-state index in [1.54, 1.807) is 29.2 Å². The Kier molecular flexibility index (Phi) is 4.79. The quantitative estimate of drug-likeness (QED) is 0.916. The fourth-order valence-electron chi connectivity index (χ4n) is 2.72. The summed E-state index contributed by atoms with van der Waals surface area (Å²) >= 11 is 0. The molecule has 5 nitrogen and oxygen atoms in total. The molecular formula is C19H20N2O3. The van der Waals surface area contributed by atoms with Crippen molar-refractivity contribution in [1.29, 1.82) is 0 Å². The van der Waals surface area contributed by atoms with E-state index in [0.717, 1.165) is 24.4 Å². The number of anilines is 2. The van der Waals surface area contributed by atoms with Gasteiger partial charge in [0.15, 0.2) is 0 Å². The molecule has 2 amide bonds. The number of benzene rings is 2. The third-order valence-electron chi connectivity index (χ3n) is 3.94. The van der Waals surface area contributed by atoms with E-state index < -0.39 is 0 Å². The summed E-state index contributed by atoms with van der Waals surface area (Å²) in [5.74, 6) is 0.720. The Morgan fingerprint density at radius 3 is 2.42 bits per heavy atom. The first kappa shape index (κ1) is 16.1. The van der Waals surface area contributed by atoms with Crippen LogP contribution in [0.5, 0.6) is 5.75 Å². The lowest BCUT2D eigenvalue weighted by molar-refractivity contribution is -0.117. The van der Waals surface area contributed by atoms with Gasteiger partial charge < -0.3 is 15.0 Å². The molecular weight excluding hydrogens is 304 g/mol. The molecule has 1 fully saturated rings. The van der Waals surface area contributed by atoms with Gasteiger partial charge in [0.2, 0.25) is 5.91 Å². The van der Waals surface area contributed by atoms with Crippen molar-refractivity contribution >= 4 is 23.2 Å². The van der Waals surface area contributed by atoms with Gasteiger partial charge in [-0.15, -0.1) is 0 Å². The van der Waals surface area contributed by atoms with Crippen molar-refractivity contribution in [1.82, 2.24) is 0 Å². The number of nitrogens with one attached hydrogen (secondary N) is 1. The Morgan fingerprint density at radius 1 is 1.12 bits per heavy atom. The Hall–Kier alpha value is -2.82. The number of carbonyl (C=O) groups is 2. The zero-order valence-electron chi connectivity index (χ0n) is 13.6. The number of hydrogen-bond donors (Lipinski definition) is 1. The Morgan fingerprint density at radius 2 is 1.83 bits per heavy atom. The van der Waals surface area contributed by atoms with Crippen LogP contribution in [-0.2, 0) is 4.79 Å². The van der Waals surface area contributed by atoms with E-state index in [1.807, 2.05) is 31.2 Å². The summed E-state index contributed by atoms with van der Waals surface area (Å²) in [4.78, 5) is 25.8. The van der Waals surface area contributed by atoms with Crippen molar-refractivity contribution < 1.29 is 14.3 Å². The second kappa shape index (κ2) is 7.17. The summed E-state index contributed by atoms with van der Waals surface area (Å²) in [6, 6.07) is 14.4. The largest absolute Gasteiger partial charge is 0.494 e. The number of amides is 2. The van der Waals surface area contributed by atoms with Crippen LogP contribution >= 0.6 is 0 Å². The molecule has 1 aliphatic rings. The van der Waals surface area contributed by atoms with Crippen LogP contribution in [0.3, 0.4) is 0 Å². The van der Waals surface area contributed by atoms with Crippen LogP contribution in [-0.4, -0.2) is 25.0 Å². The van der Waals surface area contributed by atoms with Gasteiger partial charge in [-0.1, -0.05) is 0 Å². The van der Waals surface area contributed by atoms with Crippen LogP contribution < -0.4 is 15.0 Å². The SMILES string of the molecule is CCOc1ccc(C(=O)Nc2ccc(N3CCCC3=O)cc2)cc1. The molecule has 5 heteroatoms. The van der Waals surface area contributed by atoms with E-state index in [1.165, 1.54) is 0 Å². The Bertz CT molecular complexity index is 723. The maximum atomic E-state index is 12.3. The van der Waals surface area contributed by atoms with Gasteiger partial charge in [-0.2, -0.15) is 0 Å². The van der Waals surface area contributed by atoms with Gasteiger partial charge in [-0.25, -0.2) is 0 Å². The summed E-state index contributed by atoms with van der Waals surface area (Å²) in [5, 5.41) is 2.86. The second-order valence-corrected chi connectivity index (χ2v) is 5.61. The van der Waals surface area contributed by atoms with Gasteiger partial charge in [-0.05, 0) is 61.9 Å². The van der Waals surface area contributed by atoms with Crippen LogP contribution in [0.1, 0.15) is 30.1 Å². The summed E-state index contributed by atoms with van der Waals surface area (Å²) in [5.41, 5.74) is 2.14. The van der Waals surface area contributed by atoms with Gasteiger partial charge >= 0.3 is 0 Å². The molecule has 1 N–H and O–H groups in total. The number of hydrogen-bond acceptors (Lipinski definition) is 3. The Balaban J connectivity index is 1.64. The van der Waals surface area contributed by atoms with E-state index in [0.29, 0.717) is 24.3 Å². The highest BCUT2D eigenvalue weighted by molar-refractivity contribution is 6.04. The average molecular weight is 324 g/mol. The first-order valence-corrected chi connectivity index (χ1v) is 8.12. The minimum absolute atomic E-state index is 0.154. The maximum absolute atomic E-state index is 12.3. The molecule has 0 radical (unpaired) electrons. The normalized spacial score (nSPS) is 13.9. The van der Waals surface area contributed by atoms with Crippen molar-refractivity contribution in [2.45, 2.75) is 19.8 Å². The molecule has 1 heterocycles. The minimum atomic E-state index is -0.178. The fraction of sp³-hybridized carbons (Fsp3) is 0.263. The highest BCUT2D eigenvalue weighted by Gasteiger charge is 2.21. The van der Waals surface area contributed by atoms with Crippen molar-refractivity contribution in [3.05, 3.63) is 54.1 Å². The molecule has 1 aliphatic heterocycles. The molecule has 0 spiro atoms. The number of carbonyl (C=O) groups excluding carboxylic acids is 2. The molecule has 2 aromatic rings. The fourth-order valence-corrected chi connectivity index (χ4v) is 2.72. The highest BCUT2D eigenvalue weighted by Crippen LogP contribution is 2.23. The van der Waals surface area contributed by atoms with E-state index in [9.17, 15) is 9.59 Å². The molecule has 0 aromatic heterocycles. The van der Waals surface area contributed by atoms with Crippen LogP contribution in [0.25, 0.3) is 0 Å². The van der Waals surface area contributed by atoms with Crippen molar-refractivity contribution in [3.8, 4) is 5.75 Å². The van der Waals surface area contributed by atoms with Crippen molar-refractivity contribution in [3.63, 3.8) is 0 Å². The van der Waals surface area contributed by atoms with Crippen molar-refractivity contribution in [2.75, 3.05) is 23.4 Å². The van der Waals surface area contributed by atoms with Gasteiger partial charge in [0.05, 0.1) is 6.61 Å². The molecule has 1 saturated heterocycles. The van der Waals surface area contributed by atoms with Gasteiger partial charge in [-0.3, -0.25) is 9.59 Å². The lowest BCUT2D eigenvalue weighted by Gasteiger charge is -2.16. The standard InChI is InChI=1S/C19H20N2O3/c1-2-24-17-11-5-14(6-12-17)19(23)20-15-7-9-16(10-8-15)21-13-3-4-18(21)22/h5-12H,2-4,13H2,1H3,(H,20,23). The van der Waals surface area contributed by atoms with Crippen LogP contribution in [0, 0.1) is 0 Å². The highest BCUT2D eigenvalue weighted by atomic mass is 16.5. The first-order chi connectivity index (χ1) is 11.7. The van der Waals surface area contributed by atoms with Crippen molar-refractivity contribution in [2.24, 2.45) is 0 Å². The summed E-state index contributed by atoms with van der Waals surface area (Å²) in [7, 11) is 0. The molecule has 3 rings (SSSR count). The maximum Gasteiger partial charge on any atom is 0.255 e.